The van der Waals surface area contributed by atoms with Crippen molar-refractivity contribution in [3.63, 3.8) is 0 Å². The standard InChI is InChI=1S/C25H29ClN4O3/c1-3-29-11-5-8-21(29)16-30(25(32)27-20-7-4-6-19(26)14-20)15-18-12-17-13-22(33-2)9-10-23(17)28-24(18)31/h4,6-7,9-10,12-14,21H,3,5,8,11,15-16H2,1-2H3,(H,27,32)(H,28,31)/t21-/m1/s1. The van der Waals surface area contributed by atoms with Gasteiger partial charge in [0.25, 0.3) is 5.56 Å². The first-order chi connectivity index (χ1) is 16.0. The Morgan fingerprint density at radius 1 is 1.27 bits per heavy atom. The summed E-state index contributed by atoms with van der Waals surface area (Å²) < 4.78 is 5.32. The average molecular weight is 469 g/mol. The Kier molecular flexibility index (Phi) is 7.20. The molecule has 0 aliphatic carbocycles. The van der Waals surface area contributed by atoms with Gasteiger partial charge in [-0.1, -0.05) is 24.6 Å². The molecule has 2 heterocycles. The van der Waals surface area contributed by atoms with Gasteiger partial charge >= 0.3 is 6.03 Å². The number of hydrogen-bond acceptors (Lipinski definition) is 4. The molecular formula is C25H29ClN4O3. The number of rotatable bonds is 7. The first-order valence-electron chi connectivity index (χ1n) is 11.2. The van der Waals surface area contributed by atoms with Crippen LogP contribution in [0.2, 0.25) is 5.02 Å². The van der Waals surface area contributed by atoms with Gasteiger partial charge in [-0.2, -0.15) is 0 Å². The van der Waals surface area contributed by atoms with Crippen molar-refractivity contribution in [1.29, 1.82) is 0 Å². The molecule has 3 aromatic rings. The van der Waals surface area contributed by atoms with Gasteiger partial charge in [0.15, 0.2) is 0 Å². The molecule has 4 rings (SSSR count). The molecule has 174 valence electrons. The molecule has 1 aromatic heterocycles. The lowest BCUT2D eigenvalue weighted by atomic mass is 10.1. The van der Waals surface area contributed by atoms with Crippen LogP contribution < -0.4 is 15.6 Å². The summed E-state index contributed by atoms with van der Waals surface area (Å²) in [6.45, 7) is 4.83. The number of halogens is 1. The van der Waals surface area contributed by atoms with E-state index in [-0.39, 0.29) is 24.2 Å². The third-order valence-corrected chi connectivity index (χ3v) is 6.42. The first-order valence-corrected chi connectivity index (χ1v) is 11.6. The number of methoxy groups -OCH3 is 1. The quantitative estimate of drug-likeness (QED) is 0.526. The molecular weight excluding hydrogens is 440 g/mol. The highest BCUT2D eigenvalue weighted by Gasteiger charge is 2.28. The second-order valence-corrected chi connectivity index (χ2v) is 8.76. The van der Waals surface area contributed by atoms with E-state index in [4.69, 9.17) is 16.3 Å². The number of nitrogens with one attached hydrogen (secondary N) is 2. The number of fused-ring (bicyclic) bond motifs is 1. The molecule has 0 radical (unpaired) electrons. The van der Waals surface area contributed by atoms with E-state index >= 15 is 0 Å². The van der Waals surface area contributed by atoms with E-state index in [1.165, 1.54) is 0 Å². The van der Waals surface area contributed by atoms with Crippen LogP contribution in [0.3, 0.4) is 0 Å². The Bertz CT molecular complexity index is 1200. The summed E-state index contributed by atoms with van der Waals surface area (Å²) in [5.41, 5.74) is 1.67. The molecule has 7 nitrogen and oxygen atoms in total. The Morgan fingerprint density at radius 3 is 2.88 bits per heavy atom. The van der Waals surface area contributed by atoms with Crippen molar-refractivity contribution in [3.05, 3.63) is 69.5 Å². The number of aromatic amines is 1. The number of anilines is 1. The molecule has 1 aliphatic rings. The molecule has 1 atom stereocenters. The number of amides is 2. The van der Waals surface area contributed by atoms with E-state index in [0.29, 0.717) is 28.6 Å². The predicted molar refractivity (Wildman–Crippen MR) is 132 cm³/mol. The monoisotopic (exact) mass is 468 g/mol. The molecule has 0 saturated carbocycles. The molecule has 0 unspecified atom stereocenters. The van der Waals surface area contributed by atoms with Crippen molar-refractivity contribution < 1.29 is 9.53 Å². The SMILES string of the molecule is CCN1CCC[C@@H]1CN(Cc1cc2cc(OC)ccc2[nH]c1=O)C(=O)Nc1cccc(Cl)c1. The zero-order valence-electron chi connectivity index (χ0n) is 18.9. The van der Waals surface area contributed by atoms with Crippen molar-refractivity contribution in [2.45, 2.75) is 32.4 Å². The lowest BCUT2D eigenvalue weighted by Gasteiger charge is -2.30. The molecule has 2 aromatic carbocycles. The summed E-state index contributed by atoms with van der Waals surface area (Å²) >= 11 is 6.09. The fourth-order valence-corrected chi connectivity index (χ4v) is 4.63. The molecule has 1 saturated heterocycles. The third kappa shape index (κ3) is 5.49. The van der Waals surface area contributed by atoms with Gasteiger partial charge in [0.2, 0.25) is 0 Å². The van der Waals surface area contributed by atoms with Crippen LogP contribution in [-0.2, 0) is 6.54 Å². The summed E-state index contributed by atoms with van der Waals surface area (Å²) in [7, 11) is 1.61. The van der Waals surface area contributed by atoms with Crippen LogP contribution in [0.5, 0.6) is 5.75 Å². The van der Waals surface area contributed by atoms with Crippen LogP contribution in [0.25, 0.3) is 10.9 Å². The molecule has 8 heteroatoms. The number of likely N-dealkylation sites (tertiary alicyclic amines) is 1. The van der Waals surface area contributed by atoms with Gasteiger partial charge in [-0.3, -0.25) is 9.69 Å². The Hall–Kier alpha value is -3.03. The number of benzene rings is 2. The maximum Gasteiger partial charge on any atom is 0.322 e. The van der Waals surface area contributed by atoms with Gasteiger partial charge in [0.1, 0.15) is 5.75 Å². The second-order valence-electron chi connectivity index (χ2n) is 8.32. The van der Waals surface area contributed by atoms with Gasteiger partial charge in [-0.05, 0) is 68.4 Å². The predicted octanol–water partition coefficient (Wildman–Crippen LogP) is 4.71. The summed E-state index contributed by atoms with van der Waals surface area (Å²) in [6, 6.07) is 14.4. The number of hydrogen-bond donors (Lipinski definition) is 2. The average Bonchev–Trinajstić information content (AvgIpc) is 3.26. The highest BCUT2D eigenvalue weighted by atomic mass is 35.5. The van der Waals surface area contributed by atoms with Crippen LogP contribution in [0.4, 0.5) is 10.5 Å². The molecule has 1 fully saturated rings. The topological polar surface area (TPSA) is 77.7 Å². The van der Waals surface area contributed by atoms with E-state index in [0.717, 1.165) is 36.8 Å². The molecule has 2 N–H and O–H groups in total. The number of likely N-dealkylation sites (N-methyl/N-ethyl adjacent to an activating group) is 1. The number of pyridine rings is 1. The first kappa shape index (κ1) is 23.1. The Labute approximate surface area is 198 Å². The summed E-state index contributed by atoms with van der Waals surface area (Å²) in [5, 5.41) is 4.34. The van der Waals surface area contributed by atoms with Gasteiger partial charge in [0, 0.05) is 39.8 Å². The number of carbonyl (C=O) groups excluding carboxylic acids is 1. The number of aromatic nitrogens is 1. The van der Waals surface area contributed by atoms with Gasteiger partial charge < -0.3 is 19.9 Å². The number of urea groups is 1. The molecule has 33 heavy (non-hydrogen) atoms. The van der Waals surface area contributed by atoms with Crippen molar-refractivity contribution in [3.8, 4) is 5.75 Å². The lowest BCUT2D eigenvalue weighted by molar-refractivity contribution is 0.174. The molecule has 2 amide bonds. The smallest absolute Gasteiger partial charge is 0.322 e. The zero-order valence-corrected chi connectivity index (χ0v) is 19.7. The third-order valence-electron chi connectivity index (χ3n) is 6.19. The highest BCUT2D eigenvalue weighted by molar-refractivity contribution is 6.30. The summed E-state index contributed by atoms with van der Waals surface area (Å²) in [4.78, 5) is 33.2. The number of nitrogens with zero attached hydrogens (tertiary/aromatic N) is 2. The Balaban J connectivity index is 1.63. The van der Waals surface area contributed by atoms with Crippen LogP contribution in [0.15, 0.2) is 53.3 Å². The maximum atomic E-state index is 13.3. The molecule has 0 spiro atoms. The highest BCUT2D eigenvalue weighted by Crippen LogP contribution is 2.22. The minimum absolute atomic E-state index is 0.197. The molecule has 0 bridgehead atoms. The second kappa shape index (κ2) is 10.3. The summed E-state index contributed by atoms with van der Waals surface area (Å²) in [6.07, 6.45) is 2.14. The van der Waals surface area contributed by atoms with E-state index < -0.39 is 0 Å². The fourth-order valence-electron chi connectivity index (χ4n) is 4.44. The van der Waals surface area contributed by atoms with E-state index in [9.17, 15) is 9.59 Å². The van der Waals surface area contributed by atoms with Crippen LogP contribution in [0, 0.1) is 0 Å². The number of H-pyrrole nitrogens is 1. The van der Waals surface area contributed by atoms with Gasteiger partial charge in [0.05, 0.1) is 13.7 Å². The van der Waals surface area contributed by atoms with Crippen molar-refractivity contribution in [2.24, 2.45) is 0 Å². The Morgan fingerprint density at radius 2 is 2.12 bits per heavy atom. The number of ether oxygens (including phenoxy) is 1. The number of carbonyl (C=O) groups is 1. The maximum absolute atomic E-state index is 13.3. The minimum Gasteiger partial charge on any atom is -0.497 e. The lowest BCUT2D eigenvalue weighted by Crippen LogP contribution is -2.45. The van der Waals surface area contributed by atoms with Crippen LogP contribution in [-0.4, -0.2) is 53.6 Å². The van der Waals surface area contributed by atoms with Crippen molar-refractivity contribution in [1.82, 2.24) is 14.8 Å². The van der Waals surface area contributed by atoms with Gasteiger partial charge in [-0.15, -0.1) is 0 Å². The van der Waals surface area contributed by atoms with E-state index in [1.807, 2.05) is 24.3 Å². The van der Waals surface area contributed by atoms with E-state index in [1.54, 1.807) is 36.3 Å². The van der Waals surface area contributed by atoms with Crippen LogP contribution in [0.1, 0.15) is 25.3 Å². The zero-order chi connectivity index (χ0) is 23.4. The normalized spacial score (nSPS) is 16.2. The van der Waals surface area contributed by atoms with Crippen molar-refractivity contribution in [2.75, 3.05) is 32.1 Å². The minimum atomic E-state index is -0.259. The largest absolute Gasteiger partial charge is 0.497 e. The fraction of sp³-hybridized carbons (Fsp3) is 0.360. The van der Waals surface area contributed by atoms with Crippen molar-refractivity contribution >= 4 is 34.2 Å². The van der Waals surface area contributed by atoms with Crippen LogP contribution >= 0.6 is 11.6 Å². The summed E-state index contributed by atoms with van der Waals surface area (Å²) in [5.74, 6) is 0.709. The van der Waals surface area contributed by atoms with Gasteiger partial charge in [-0.25, -0.2) is 4.79 Å². The molecule has 1 aliphatic heterocycles. The van der Waals surface area contributed by atoms with E-state index in [2.05, 4.69) is 22.1 Å².